The van der Waals surface area contributed by atoms with E-state index in [9.17, 15) is 4.79 Å². The largest absolute Gasteiger partial charge is 0.371 e. The van der Waals surface area contributed by atoms with Gasteiger partial charge in [0.15, 0.2) is 5.78 Å². The van der Waals surface area contributed by atoms with Crippen molar-refractivity contribution in [3.63, 3.8) is 0 Å². The van der Waals surface area contributed by atoms with Crippen molar-refractivity contribution in [1.82, 2.24) is 5.32 Å². The number of ketones is 1. The Morgan fingerprint density at radius 2 is 2.29 bits per heavy atom. The molecule has 0 radical (unpaired) electrons. The summed E-state index contributed by atoms with van der Waals surface area (Å²) < 4.78 is 5.37. The number of hydrogen-bond acceptors (Lipinski definition) is 3. The third-order valence-electron chi connectivity index (χ3n) is 3.06. The number of ether oxygens (including phenoxy) is 1. The smallest absolute Gasteiger partial charge is 0.165 e. The van der Waals surface area contributed by atoms with Gasteiger partial charge in [-0.15, -0.1) is 0 Å². The van der Waals surface area contributed by atoms with E-state index < -0.39 is 0 Å². The summed E-state index contributed by atoms with van der Waals surface area (Å²) in [4.78, 5) is 11.9. The first-order valence-electron chi connectivity index (χ1n) is 5.46. The van der Waals surface area contributed by atoms with Gasteiger partial charge < -0.3 is 10.1 Å². The van der Waals surface area contributed by atoms with Crippen LogP contribution in [0.1, 0.15) is 33.6 Å². The van der Waals surface area contributed by atoms with Gasteiger partial charge in [-0.05, 0) is 33.2 Å². The molecule has 1 rings (SSSR count). The minimum absolute atomic E-state index is 0.141. The molecule has 1 aliphatic rings. The molecule has 0 aromatic rings. The molecule has 1 unspecified atom stereocenters. The fraction of sp³-hybridized carbons (Fsp3) is 0.909. The molecule has 0 amide bonds. The van der Waals surface area contributed by atoms with Crippen LogP contribution in [0.5, 0.6) is 0 Å². The fourth-order valence-electron chi connectivity index (χ4n) is 1.88. The zero-order valence-corrected chi connectivity index (χ0v) is 9.43. The van der Waals surface area contributed by atoms with Gasteiger partial charge in [-0.2, -0.15) is 0 Å². The minimum atomic E-state index is -0.144. The molecule has 1 atom stereocenters. The molecule has 3 nitrogen and oxygen atoms in total. The van der Waals surface area contributed by atoms with Gasteiger partial charge in [0.2, 0.25) is 0 Å². The first-order chi connectivity index (χ1) is 6.60. The maximum atomic E-state index is 11.9. The average molecular weight is 199 g/mol. The van der Waals surface area contributed by atoms with E-state index in [1.165, 1.54) is 0 Å². The predicted molar refractivity (Wildman–Crippen MR) is 56.3 cm³/mol. The van der Waals surface area contributed by atoms with Gasteiger partial charge in [-0.25, -0.2) is 0 Å². The van der Waals surface area contributed by atoms with E-state index in [-0.39, 0.29) is 23.9 Å². The molecule has 0 aromatic carbocycles. The second-order valence-corrected chi connectivity index (χ2v) is 4.34. The molecule has 1 saturated heterocycles. The molecular weight excluding hydrogens is 178 g/mol. The summed E-state index contributed by atoms with van der Waals surface area (Å²) in [7, 11) is 0. The highest BCUT2D eigenvalue weighted by Gasteiger charge is 2.38. The first-order valence-corrected chi connectivity index (χ1v) is 5.46. The van der Waals surface area contributed by atoms with Crippen molar-refractivity contribution in [2.24, 2.45) is 5.41 Å². The molecule has 1 N–H and O–H groups in total. The van der Waals surface area contributed by atoms with E-state index in [0.29, 0.717) is 0 Å². The molecule has 1 heterocycles. The van der Waals surface area contributed by atoms with Crippen LogP contribution in [-0.4, -0.2) is 31.6 Å². The lowest BCUT2D eigenvalue weighted by Crippen LogP contribution is -2.36. The maximum Gasteiger partial charge on any atom is 0.165 e. The van der Waals surface area contributed by atoms with Crippen molar-refractivity contribution in [3.8, 4) is 0 Å². The Morgan fingerprint density at radius 1 is 1.57 bits per heavy atom. The van der Waals surface area contributed by atoms with Crippen molar-refractivity contribution in [2.75, 3.05) is 19.7 Å². The summed E-state index contributed by atoms with van der Waals surface area (Å²) in [5.41, 5.74) is -0.144. The third kappa shape index (κ3) is 2.55. The van der Waals surface area contributed by atoms with E-state index in [1.54, 1.807) is 0 Å². The van der Waals surface area contributed by atoms with Crippen LogP contribution in [0, 0.1) is 5.41 Å². The topological polar surface area (TPSA) is 38.3 Å². The monoisotopic (exact) mass is 199 g/mol. The second kappa shape index (κ2) is 4.89. The lowest BCUT2D eigenvalue weighted by molar-refractivity contribution is -0.134. The van der Waals surface area contributed by atoms with Crippen molar-refractivity contribution in [1.29, 1.82) is 0 Å². The van der Waals surface area contributed by atoms with Crippen LogP contribution in [0.2, 0.25) is 0 Å². The van der Waals surface area contributed by atoms with E-state index >= 15 is 0 Å². The number of hydrogen-bond donors (Lipinski definition) is 1. The normalized spacial score (nSPS) is 27.1. The van der Waals surface area contributed by atoms with E-state index in [1.807, 2.05) is 13.8 Å². The van der Waals surface area contributed by atoms with Gasteiger partial charge in [0.1, 0.15) is 6.61 Å². The predicted octanol–water partition coefficient (Wildman–Crippen LogP) is 1.37. The number of Topliss-reactive ketones (excluding diaryl/α,β-unsaturated/α-hetero) is 1. The molecule has 0 aliphatic carbocycles. The van der Waals surface area contributed by atoms with Crippen LogP contribution < -0.4 is 5.32 Å². The van der Waals surface area contributed by atoms with Crippen molar-refractivity contribution >= 4 is 5.78 Å². The Morgan fingerprint density at radius 3 is 2.71 bits per heavy atom. The van der Waals surface area contributed by atoms with Crippen LogP contribution >= 0.6 is 0 Å². The van der Waals surface area contributed by atoms with Gasteiger partial charge in [-0.1, -0.05) is 6.92 Å². The summed E-state index contributed by atoms with van der Waals surface area (Å²) in [6, 6.07) is 0. The second-order valence-electron chi connectivity index (χ2n) is 4.34. The van der Waals surface area contributed by atoms with Crippen LogP contribution in [0.15, 0.2) is 0 Å². The Kier molecular flexibility index (Phi) is 4.08. The van der Waals surface area contributed by atoms with E-state index in [0.717, 1.165) is 25.9 Å². The Hall–Kier alpha value is -0.410. The van der Waals surface area contributed by atoms with Gasteiger partial charge >= 0.3 is 0 Å². The molecule has 3 heteroatoms. The molecule has 1 aliphatic heterocycles. The van der Waals surface area contributed by atoms with E-state index in [2.05, 4.69) is 12.2 Å². The molecule has 1 fully saturated rings. The molecule has 0 saturated carbocycles. The zero-order valence-electron chi connectivity index (χ0n) is 9.43. The van der Waals surface area contributed by atoms with Gasteiger partial charge in [0.25, 0.3) is 0 Å². The van der Waals surface area contributed by atoms with Crippen LogP contribution in [0.3, 0.4) is 0 Å². The third-order valence-corrected chi connectivity index (χ3v) is 3.06. The quantitative estimate of drug-likeness (QED) is 0.726. The number of carbonyl (C=O) groups excluding carboxylic acids is 1. The summed E-state index contributed by atoms with van der Waals surface area (Å²) in [6.45, 7) is 8.05. The zero-order chi connectivity index (χ0) is 10.6. The van der Waals surface area contributed by atoms with E-state index in [4.69, 9.17) is 4.74 Å². The molecule has 82 valence electrons. The fourth-order valence-corrected chi connectivity index (χ4v) is 1.88. The van der Waals surface area contributed by atoms with Crippen molar-refractivity contribution in [3.05, 3.63) is 0 Å². The van der Waals surface area contributed by atoms with Gasteiger partial charge in [0, 0.05) is 12.0 Å². The summed E-state index contributed by atoms with van der Waals surface area (Å²) in [5.74, 6) is 0.263. The van der Waals surface area contributed by atoms with Crippen molar-refractivity contribution < 1.29 is 9.53 Å². The summed E-state index contributed by atoms with van der Waals surface area (Å²) in [5, 5.41) is 3.26. The Labute approximate surface area is 86.2 Å². The van der Waals surface area contributed by atoms with Crippen LogP contribution in [-0.2, 0) is 9.53 Å². The highest BCUT2D eigenvalue weighted by molar-refractivity contribution is 5.86. The number of rotatable bonds is 5. The number of nitrogens with one attached hydrogen (secondary N) is 1. The molecule has 0 bridgehead atoms. The van der Waals surface area contributed by atoms with Gasteiger partial charge in [0.05, 0.1) is 6.10 Å². The maximum absolute atomic E-state index is 11.9. The standard InChI is InChI=1S/C11H21NO2/c1-4-11(5-6-12-8-11)10(13)7-14-9(2)3/h9,12H,4-8H2,1-3H3. The average Bonchev–Trinajstić information content (AvgIpc) is 2.63. The highest BCUT2D eigenvalue weighted by atomic mass is 16.5. The van der Waals surface area contributed by atoms with Gasteiger partial charge in [-0.3, -0.25) is 4.79 Å². The lowest BCUT2D eigenvalue weighted by atomic mass is 9.80. The minimum Gasteiger partial charge on any atom is -0.371 e. The summed E-state index contributed by atoms with van der Waals surface area (Å²) >= 11 is 0. The van der Waals surface area contributed by atoms with Crippen molar-refractivity contribution in [2.45, 2.75) is 39.7 Å². The number of carbonyl (C=O) groups is 1. The highest BCUT2D eigenvalue weighted by Crippen LogP contribution is 2.30. The van der Waals surface area contributed by atoms with Crippen LogP contribution in [0.25, 0.3) is 0 Å². The van der Waals surface area contributed by atoms with Crippen LogP contribution in [0.4, 0.5) is 0 Å². The molecule has 0 spiro atoms. The first kappa shape index (κ1) is 11.7. The molecular formula is C11H21NO2. The molecule has 0 aromatic heterocycles. The molecule has 14 heavy (non-hydrogen) atoms. The Balaban J connectivity index is 2.48. The summed E-state index contributed by atoms with van der Waals surface area (Å²) in [6.07, 6.45) is 2.02. The Bertz CT molecular complexity index is 195. The SMILES string of the molecule is CCC1(C(=O)COC(C)C)CCNC1. The lowest BCUT2D eigenvalue weighted by Gasteiger charge is -2.25.